The maximum absolute atomic E-state index is 12.4. The topological polar surface area (TPSA) is 67.4 Å². The van der Waals surface area contributed by atoms with Crippen molar-refractivity contribution < 1.29 is 14.3 Å². The van der Waals surface area contributed by atoms with Gasteiger partial charge in [0.15, 0.2) is 0 Å². The molecule has 0 unspecified atom stereocenters. The van der Waals surface area contributed by atoms with Crippen LogP contribution in [0.4, 0.5) is 0 Å². The molecule has 2 aromatic carbocycles. The van der Waals surface area contributed by atoms with E-state index in [2.05, 4.69) is 10.6 Å². The number of hydrogen-bond donors (Lipinski definition) is 2. The zero-order valence-corrected chi connectivity index (χ0v) is 15.1. The van der Waals surface area contributed by atoms with Crippen LogP contribution in [0.25, 0.3) is 0 Å². The maximum Gasteiger partial charge on any atom is 0.255 e. The van der Waals surface area contributed by atoms with Crippen LogP contribution in [0.2, 0.25) is 5.02 Å². The molecule has 6 heteroatoms. The minimum atomic E-state index is -0.236. The van der Waals surface area contributed by atoms with Gasteiger partial charge in [-0.2, -0.15) is 0 Å². The van der Waals surface area contributed by atoms with Gasteiger partial charge in [-0.1, -0.05) is 41.9 Å². The highest BCUT2D eigenvalue weighted by Gasteiger charge is 2.29. The first kappa shape index (κ1) is 18.3. The van der Waals surface area contributed by atoms with Crippen molar-refractivity contribution in [2.24, 2.45) is 5.92 Å². The van der Waals surface area contributed by atoms with E-state index in [9.17, 15) is 9.59 Å². The first-order chi connectivity index (χ1) is 12.6. The van der Waals surface area contributed by atoms with E-state index in [1.165, 1.54) is 0 Å². The van der Waals surface area contributed by atoms with Gasteiger partial charge in [-0.15, -0.1) is 0 Å². The molecule has 0 heterocycles. The van der Waals surface area contributed by atoms with E-state index in [-0.39, 0.29) is 24.3 Å². The second kappa shape index (κ2) is 8.72. The second-order valence-corrected chi connectivity index (χ2v) is 6.60. The number of carbonyl (C=O) groups is 2. The lowest BCUT2D eigenvalue weighted by atomic mass is 10.2. The van der Waals surface area contributed by atoms with Gasteiger partial charge in [0.25, 0.3) is 5.91 Å². The summed E-state index contributed by atoms with van der Waals surface area (Å²) in [5, 5.41) is 6.25. The molecule has 26 heavy (non-hydrogen) atoms. The van der Waals surface area contributed by atoms with Crippen LogP contribution in [0.1, 0.15) is 28.8 Å². The Kier molecular flexibility index (Phi) is 6.12. The molecule has 2 amide bonds. The molecule has 0 radical (unpaired) electrons. The predicted molar refractivity (Wildman–Crippen MR) is 100 cm³/mol. The molecule has 5 nitrogen and oxygen atoms in total. The molecule has 2 N–H and O–H groups in total. The Balaban J connectivity index is 1.53. The van der Waals surface area contributed by atoms with E-state index in [1.807, 2.05) is 24.3 Å². The van der Waals surface area contributed by atoms with Crippen LogP contribution in [-0.4, -0.2) is 24.9 Å². The van der Waals surface area contributed by atoms with E-state index < -0.39 is 0 Å². The summed E-state index contributed by atoms with van der Waals surface area (Å²) < 4.78 is 5.79. The summed E-state index contributed by atoms with van der Waals surface area (Å²) in [5.41, 5.74) is 1.31. The normalized spacial score (nSPS) is 13.1. The number of para-hydroxylation sites is 1. The molecule has 1 saturated carbocycles. The van der Waals surface area contributed by atoms with Gasteiger partial charge in [-0.3, -0.25) is 9.59 Å². The molecule has 0 atom stereocenters. The van der Waals surface area contributed by atoms with Crippen molar-refractivity contribution in [1.82, 2.24) is 10.6 Å². The van der Waals surface area contributed by atoms with Gasteiger partial charge < -0.3 is 15.4 Å². The quantitative estimate of drug-likeness (QED) is 0.699. The van der Waals surface area contributed by atoms with Gasteiger partial charge >= 0.3 is 0 Å². The molecular formula is C20H21ClN2O3. The Morgan fingerprint density at radius 2 is 1.69 bits per heavy atom. The fourth-order valence-electron chi connectivity index (χ4n) is 2.50. The van der Waals surface area contributed by atoms with Crippen molar-refractivity contribution in [3.8, 4) is 5.75 Å². The van der Waals surface area contributed by atoms with Crippen LogP contribution in [0.15, 0.2) is 48.5 Å². The molecule has 136 valence electrons. The number of benzene rings is 2. The lowest BCUT2D eigenvalue weighted by Gasteiger charge is -2.12. The molecule has 1 aliphatic carbocycles. The predicted octanol–water partition coefficient (Wildman–Crippen LogP) is 3.18. The number of halogens is 1. The fraction of sp³-hybridized carbons (Fsp3) is 0.300. The van der Waals surface area contributed by atoms with Gasteiger partial charge in [0.05, 0.1) is 5.56 Å². The van der Waals surface area contributed by atoms with Gasteiger partial charge in [0.1, 0.15) is 12.4 Å². The lowest BCUT2D eigenvalue weighted by molar-refractivity contribution is -0.122. The van der Waals surface area contributed by atoms with Crippen molar-refractivity contribution >= 4 is 23.4 Å². The fourth-order valence-corrected chi connectivity index (χ4v) is 2.69. The molecule has 3 rings (SSSR count). The Morgan fingerprint density at radius 3 is 2.46 bits per heavy atom. The van der Waals surface area contributed by atoms with Crippen molar-refractivity contribution in [2.45, 2.75) is 19.4 Å². The molecule has 1 fully saturated rings. The summed E-state index contributed by atoms with van der Waals surface area (Å²) in [4.78, 5) is 24.0. The average Bonchev–Trinajstić information content (AvgIpc) is 3.50. The number of carbonyl (C=O) groups excluding carboxylic acids is 2. The van der Waals surface area contributed by atoms with Gasteiger partial charge in [0, 0.05) is 29.6 Å². The summed E-state index contributed by atoms with van der Waals surface area (Å²) in [7, 11) is 0. The van der Waals surface area contributed by atoms with E-state index in [0.717, 1.165) is 18.4 Å². The van der Waals surface area contributed by atoms with Crippen LogP contribution in [0.3, 0.4) is 0 Å². The van der Waals surface area contributed by atoms with E-state index in [1.54, 1.807) is 24.3 Å². The van der Waals surface area contributed by atoms with Crippen molar-refractivity contribution in [2.75, 3.05) is 13.1 Å². The third kappa shape index (κ3) is 4.99. The smallest absolute Gasteiger partial charge is 0.255 e. The van der Waals surface area contributed by atoms with Crippen molar-refractivity contribution in [3.05, 3.63) is 64.7 Å². The lowest BCUT2D eigenvalue weighted by Crippen LogP contribution is -2.35. The van der Waals surface area contributed by atoms with E-state index in [0.29, 0.717) is 29.4 Å². The Hall–Kier alpha value is -2.53. The molecular weight excluding hydrogens is 352 g/mol. The van der Waals surface area contributed by atoms with E-state index >= 15 is 0 Å². The van der Waals surface area contributed by atoms with Gasteiger partial charge in [-0.05, 0) is 31.0 Å². The number of rotatable bonds is 8. The number of amides is 2. The molecule has 2 aromatic rings. The van der Waals surface area contributed by atoms with Crippen molar-refractivity contribution in [3.63, 3.8) is 0 Å². The minimum Gasteiger partial charge on any atom is -0.488 e. The number of nitrogens with one attached hydrogen (secondary N) is 2. The maximum atomic E-state index is 12.4. The van der Waals surface area contributed by atoms with Crippen molar-refractivity contribution in [1.29, 1.82) is 0 Å². The number of ether oxygens (including phenoxy) is 1. The largest absolute Gasteiger partial charge is 0.488 e. The summed E-state index contributed by atoms with van der Waals surface area (Å²) in [6, 6.07) is 14.5. The summed E-state index contributed by atoms with van der Waals surface area (Å²) in [6.45, 7) is 1.07. The summed E-state index contributed by atoms with van der Waals surface area (Å²) in [6.07, 6.45) is 1.93. The average molecular weight is 373 g/mol. The zero-order chi connectivity index (χ0) is 18.4. The number of hydrogen-bond acceptors (Lipinski definition) is 3. The monoisotopic (exact) mass is 372 g/mol. The molecule has 0 aromatic heterocycles. The molecule has 0 aliphatic heterocycles. The molecule has 0 saturated heterocycles. The summed E-state index contributed by atoms with van der Waals surface area (Å²) in [5.74, 6) is 0.500. The zero-order valence-electron chi connectivity index (χ0n) is 14.3. The molecule has 0 spiro atoms. The Bertz CT molecular complexity index is 790. The highest BCUT2D eigenvalue weighted by Crippen LogP contribution is 2.28. The van der Waals surface area contributed by atoms with Crippen LogP contribution in [0.5, 0.6) is 5.75 Å². The summed E-state index contributed by atoms with van der Waals surface area (Å²) >= 11 is 6.14. The standard InChI is InChI=1S/C20H21ClN2O3/c21-17-7-3-1-5-15(17)13-26-18-8-4-2-6-16(18)20(25)23-12-11-22-19(24)14-9-10-14/h1-8,14H,9-13H2,(H,22,24)(H,23,25). The van der Waals surface area contributed by atoms with Crippen LogP contribution in [-0.2, 0) is 11.4 Å². The van der Waals surface area contributed by atoms with Crippen LogP contribution >= 0.6 is 11.6 Å². The van der Waals surface area contributed by atoms with Gasteiger partial charge in [-0.25, -0.2) is 0 Å². The third-order valence-electron chi connectivity index (χ3n) is 4.13. The minimum absolute atomic E-state index is 0.0720. The van der Waals surface area contributed by atoms with Crippen LogP contribution < -0.4 is 15.4 Å². The van der Waals surface area contributed by atoms with E-state index in [4.69, 9.17) is 16.3 Å². The Morgan fingerprint density at radius 1 is 1.00 bits per heavy atom. The highest BCUT2D eigenvalue weighted by atomic mass is 35.5. The highest BCUT2D eigenvalue weighted by molar-refractivity contribution is 6.31. The first-order valence-corrected chi connectivity index (χ1v) is 9.04. The molecule has 0 bridgehead atoms. The van der Waals surface area contributed by atoms with Crippen LogP contribution in [0, 0.1) is 5.92 Å². The second-order valence-electron chi connectivity index (χ2n) is 6.20. The Labute approximate surface area is 157 Å². The SMILES string of the molecule is O=C(NCCNC(=O)C1CC1)c1ccccc1OCc1ccccc1Cl. The molecule has 1 aliphatic rings. The first-order valence-electron chi connectivity index (χ1n) is 8.66. The van der Waals surface area contributed by atoms with Gasteiger partial charge in [0.2, 0.25) is 5.91 Å². The third-order valence-corrected chi connectivity index (χ3v) is 4.50.